The van der Waals surface area contributed by atoms with Gasteiger partial charge in [-0.05, 0) is 72.6 Å². The Balaban J connectivity index is 1.44. The first-order chi connectivity index (χ1) is 19.9. The van der Waals surface area contributed by atoms with Gasteiger partial charge in [-0.25, -0.2) is 4.98 Å². The molecule has 2 aromatic heterocycles. The molecule has 0 aliphatic carbocycles. The molecule has 0 aliphatic heterocycles. The van der Waals surface area contributed by atoms with Crippen LogP contribution in [0, 0.1) is 12.3 Å². The highest BCUT2D eigenvalue weighted by Crippen LogP contribution is 2.40. The number of fused-ring (bicyclic) bond motifs is 1. The van der Waals surface area contributed by atoms with Gasteiger partial charge in [0, 0.05) is 23.0 Å². The van der Waals surface area contributed by atoms with Gasteiger partial charge in [-0.1, -0.05) is 79.7 Å². The molecule has 1 unspecified atom stereocenters. The molecule has 0 saturated heterocycles. The smallest absolute Gasteiger partial charge is 0.316 e. The number of nitrogens with one attached hydrogen (secondary N) is 2. The van der Waals surface area contributed by atoms with E-state index in [1.54, 1.807) is 4.63 Å². The largest absolute Gasteiger partial charge is 0.490 e. The van der Waals surface area contributed by atoms with Crippen molar-refractivity contribution in [3.8, 4) is 22.9 Å². The lowest BCUT2D eigenvalue weighted by Gasteiger charge is -2.33. The minimum absolute atomic E-state index is 0.0930. The maximum Gasteiger partial charge on any atom is 0.316 e. The number of aromatic nitrogens is 4. The van der Waals surface area contributed by atoms with Crippen molar-refractivity contribution >= 4 is 22.6 Å². The number of hydrogen-bond acceptors (Lipinski definition) is 5. The van der Waals surface area contributed by atoms with Gasteiger partial charge in [0.05, 0.1) is 6.61 Å². The highest BCUT2D eigenvalue weighted by Gasteiger charge is 2.28. The van der Waals surface area contributed by atoms with Crippen LogP contribution in [-0.2, 0) is 16.7 Å². The van der Waals surface area contributed by atoms with E-state index in [9.17, 15) is 4.21 Å². The average Bonchev–Trinajstić information content (AvgIpc) is 3.45. The number of H-pyrrole nitrogens is 1. The topological polar surface area (TPSA) is 93.5 Å². The van der Waals surface area contributed by atoms with Gasteiger partial charge in [0.2, 0.25) is 0 Å². The van der Waals surface area contributed by atoms with E-state index in [2.05, 4.69) is 67.5 Å². The van der Waals surface area contributed by atoms with Gasteiger partial charge in [-0.15, -0.1) is 5.10 Å². The molecule has 0 bridgehead atoms. The van der Waals surface area contributed by atoms with Gasteiger partial charge in [0.15, 0.2) is 23.0 Å². The molecule has 42 heavy (non-hydrogen) atoms. The second kappa shape index (κ2) is 13.8. The molecule has 8 nitrogen and oxygen atoms in total. The first-order valence-electron chi connectivity index (χ1n) is 15.1. The minimum atomic E-state index is -1.83. The Morgan fingerprint density at radius 2 is 1.64 bits per heavy atom. The average molecular weight is 594 g/mol. The molecule has 0 aliphatic rings. The SMILES string of the molecule is CCCCCCCCOc1ccc(C(C)(C)CC(C)(C)C)cc1OS(=O)Nc1ccc(-c2nc3cc(C)[nH]n3n2)cc1. The third-order valence-electron chi connectivity index (χ3n) is 7.22. The molecule has 228 valence electrons. The van der Waals surface area contributed by atoms with Crippen molar-refractivity contribution in [2.75, 3.05) is 11.3 Å². The molecule has 0 radical (unpaired) electrons. The van der Waals surface area contributed by atoms with Crippen LogP contribution in [0.5, 0.6) is 11.5 Å². The van der Waals surface area contributed by atoms with Gasteiger partial charge in [-0.2, -0.15) is 8.84 Å². The molecule has 0 amide bonds. The molecule has 2 heterocycles. The van der Waals surface area contributed by atoms with Gasteiger partial charge in [0.25, 0.3) is 0 Å². The summed E-state index contributed by atoms with van der Waals surface area (Å²) in [5, 5.41) is 7.62. The Hall–Kier alpha value is -3.33. The molecule has 1 atom stereocenters. The standard InChI is InChI=1S/C33H47N5O3S/c1-8-9-10-11-12-13-20-40-28-19-16-26(33(6,7)23-32(3,4)5)22-29(28)41-42(39)37-27-17-14-25(15-18-27)31-34-30-21-24(2)35-38(30)36-31/h14-19,21-22,35,37H,8-13,20,23H2,1-7H3. The summed E-state index contributed by atoms with van der Waals surface area (Å²) in [5.41, 5.74) is 4.48. The number of nitrogens with zero attached hydrogens (tertiary/aromatic N) is 3. The van der Waals surface area contributed by atoms with E-state index in [1.165, 1.54) is 25.7 Å². The Kier molecular flexibility index (Phi) is 10.4. The van der Waals surface area contributed by atoms with E-state index < -0.39 is 11.3 Å². The van der Waals surface area contributed by atoms with Crippen molar-refractivity contribution in [1.29, 1.82) is 0 Å². The lowest BCUT2D eigenvalue weighted by atomic mass is 9.72. The highest BCUT2D eigenvalue weighted by molar-refractivity contribution is 7.82. The Morgan fingerprint density at radius 3 is 2.33 bits per heavy atom. The number of benzene rings is 2. The number of aryl methyl sites for hydroxylation is 1. The normalized spacial score (nSPS) is 12.9. The van der Waals surface area contributed by atoms with Crippen molar-refractivity contribution < 1.29 is 13.1 Å². The third kappa shape index (κ3) is 8.84. The van der Waals surface area contributed by atoms with E-state index in [0.717, 1.165) is 41.7 Å². The van der Waals surface area contributed by atoms with Crippen LogP contribution in [0.3, 0.4) is 0 Å². The first-order valence-corrected chi connectivity index (χ1v) is 16.2. The molecule has 0 saturated carbocycles. The number of anilines is 1. The quantitative estimate of drug-likeness (QED) is 0.135. The third-order valence-corrected chi connectivity index (χ3v) is 7.96. The van der Waals surface area contributed by atoms with E-state index in [-0.39, 0.29) is 10.8 Å². The zero-order valence-electron chi connectivity index (χ0n) is 26.3. The predicted octanol–water partition coefficient (Wildman–Crippen LogP) is 8.56. The summed E-state index contributed by atoms with van der Waals surface area (Å²) in [6.07, 6.45) is 8.12. The summed E-state index contributed by atoms with van der Waals surface area (Å²) >= 11 is -1.83. The fraction of sp³-hybridized carbons (Fsp3) is 0.515. The van der Waals surface area contributed by atoms with Crippen molar-refractivity contribution in [2.24, 2.45) is 5.41 Å². The van der Waals surface area contributed by atoms with E-state index in [4.69, 9.17) is 8.92 Å². The summed E-state index contributed by atoms with van der Waals surface area (Å²) in [7, 11) is 0. The molecular formula is C33H47N5O3S. The molecule has 4 aromatic rings. The number of aromatic amines is 1. The maximum absolute atomic E-state index is 13.2. The summed E-state index contributed by atoms with van der Waals surface area (Å²) < 4.78 is 29.9. The van der Waals surface area contributed by atoms with E-state index in [0.29, 0.717) is 29.6 Å². The van der Waals surface area contributed by atoms with Gasteiger partial charge < -0.3 is 8.92 Å². The second-order valence-electron chi connectivity index (χ2n) is 13.0. The summed E-state index contributed by atoms with van der Waals surface area (Å²) in [5.74, 6) is 1.71. The Bertz CT molecular complexity index is 1440. The van der Waals surface area contributed by atoms with Gasteiger partial charge in [0.1, 0.15) is 0 Å². The van der Waals surface area contributed by atoms with Crippen molar-refractivity contribution in [3.63, 3.8) is 0 Å². The summed E-state index contributed by atoms with van der Waals surface area (Å²) in [6.45, 7) is 16.0. The zero-order valence-corrected chi connectivity index (χ0v) is 27.1. The zero-order chi connectivity index (χ0) is 30.3. The number of unbranched alkanes of at least 4 members (excludes halogenated alkanes) is 5. The van der Waals surface area contributed by atoms with Crippen LogP contribution in [0.15, 0.2) is 48.5 Å². The van der Waals surface area contributed by atoms with E-state index in [1.807, 2.05) is 49.4 Å². The molecule has 0 fully saturated rings. The van der Waals surface area contributed by atoms with Crippen LogP contribution in [-0.4, -0.2) is 30.6 Å². The maximum atomic E-state index is 13.2. The molecule has 2 N–H and O–H groups in total. The molecule has 2 aromatic carbocycles. The minimum Gasteiger partial charge on any atom is -0.490 e. The molecule has 4 rings (SSSR count). The Morgan fingerprint density at radius 1 is 0.929 bits per heavy atom. The number of rotatable bonds is 15. The fourth-order valence-corrected chi connectivity index (χ4v) is 6.17. The van der Waals surface area contributed by atoms with Crippen LogP contribution in [0.2, 0.25) is 0 Å². The summed E-state index contributed by atoms with van der Waals surface area (Å²) in [6, 6.07) is 15.5. The van der Waals surface area contributed by atoms with Crippen molar-refractivity contribution in [3.05, 3.63) is 59.8 Å². The lowest BCUT2D eigenvalue weighted by molar-refractivity contribution is 0.281. The highest BCUT2D eigenvalue weighted by atomic mass is 32.2. The van der Waals surface area contributed by atoms with Crippen molar-refractivity contribution in [2.45, 2.75) is 98.8 Å². The molecular weight excluding hydrogens is 546 g/mol. The van der Waals surface area contributed by atoms with Gasteiger partial charge in [-0.3, -0.25) is 9.82 Å². The predicted molar refractivity (Wildman–Crippen MR) is 172 cm³/mol. The molecule has 9 heteroatoms. The monoisotopic (exact) mass is 593 g/mol. The lowest BCUT2D eigenvalue weighted by Crippen LogP contribution is -2.25. The van der Waals surface area contributed by atoms with Crippen molar-refractivity contribution in [1.82, 2.24) is 19.8 Å². The summed E-state index contributed by atoms with van der Waals surface area (Å²) in [4.78, 5) is 4.56. The van der Waals surface area contributed by atoms with E-state index >= 15 is 0 Å². The van der Waals surface area contributed by atoms with Crippen LogP contribution in [0.1, 0.15) is 97.7 Å². The van der Waals surface area contributed by atoms with Crippen LogP contribution < -0.4 is 13.6 Å². The van der Waals surface area contributed by atoms with Crippen LogP contribution in [0.25, 0.3) is 17.0 Å². The number of ether oxygens (including phenoxy) is 1. The van der Waals surface area contributed by atoms with Gasteiger partial charge >= 0.3 is 11.3 Å². The first kappa shape index (κ1) is 31.6. The fourth-order valence-electron chi connectivity index (χ4n) is 5.51. The molecule has 0 spiro atoms. The van der Waals surface area contributed by atoms with Crippen LogP contribution in [0.4, 0.5) is 5.69 Å². The van der Waals surface area contributed by atoms with Crippen LogP contribution >= 0.6 is 0 Å². The number of hydrogen-bond donors (Lipinski definition) is 2. The second-order valence-corrected chi connectivity index (χ2v) is 13.9. The Labute approximate surface area is 253 Å².